The van der Waals surface area contributed by atoms with Crippen molar-refractivity contribution in [2.45, 2.75) is 57.6 Å². The summed E-state index contributed by atoms with van der Waals surface area (Å²) in [5.74, 6) is 5.76. The SMILES string of the molecule is CC(C)(C)c1ccc(C(NN)C2(C)CCCO2)cc1. The van der Waals surface area contributed by atoms with Gasteiger partial charge in [0, 0.05) is 6.61 Å². The Labute approximate surface area is 116 Å². The first-order valence-electron chi connectivity index (χ1n) is 7.07. The van der Waals surface area contributed by atoms with Gasteiger partial charge in [-0.25, -0.2) is 0 Å². The molecule has 0 saturated carbocycles. The quantitative estimate of drug-likeness (QED) is 0.650. The molecule has 3 heteroatoms. The predicted octanol–water partition coefficient (Wildman–Crippen LogP) is 3.06. The number of benzene rings is 1. The highest BCUT2D eigenvalue weighted by Crippen LogP contribution is 2.37. The van der Waals surface area contributed by atoms with Gasteiger partial charge in [0.1, 0.15) is 0 Å². The highest BCUT2D eigenvalue weighted by atomic mass is 16.5. The smallest absolute Gasteiger partial charge is 0.0862 e. The summed E-state index contributed by atoms with van der Waals surface area (Å²) in [5.41, 5.74) is 5.45. The van der Waals surface area contributed by atoms with Crippen LogP contribution in [0.2, 0.25) is 0 Å². The van der Waals surface area contributed by atoms with Gasteiger partial charge in [-0.2, -0.15) is 0 Å². The van der Waals surface area contributed by atoms with E-state index in [0.717, 1.165) is 19.4 Å². The fourth-order valence-corrected chi connectivity index (χ4v) is 2.83. The van der Waals surface area contributed by atoms with Crippen LogP contribution < -0.4 is 11.3 Å². The van der Waals surface area contributed by atoms with E-state index < -0.39 is 0 Å². The second-order valence-corrected chi connectivity index (χ2v) is 6.74. The maximum Gasteiger partial charge on any atom is 0.0862 e. The molecule has 1 fully saturated rings. The Balaban J connectivity index is 2.24. The highest BCUT2D eigenvalue weighted by Gasteiger charge is 2.38. The van der Waals surface area contributed by atoms with Crippen LogP contribution in [0.1, 0.15) is 57.7 Å². The van der Waals surface area contributed by atoms with E-state index in [0.29, 0.717) is 0 Å². The lowest BCUT2D eigenvalue weighted by Crippen LogP contribution is -2.44. The van der Waals surface area contributed by atoms with Crippen molar-refractivity contribution in [2.24, 2.45) is 5.84 Å². The number of nitrogens with one attached hydrogen (secondary N) is 1. The fourth-order valence-electron chi connectivity index (χ4n) is 2.83. The summed E-state index contributed by atoms with van der Waals surface area (Å²) in [7, 11) is 0. The molecule has 2 unspecified atom stereocenters. The lowest BCUT2D eigenvalue weighted by molar-refractivity contribution is -0.0125. The van der Waals surface area contributed by atoms with E-state index in [1.807, 2.05) is 0 Å². The van der Waals surface area contributed by atoms with E-state index in [1.54, 1.807) is 0 Å². The molecule has 3 N–H and O–H groups in total. The average molecular weight is 262 g/mol. The molecule has 0 bridgehead atoms. The zero-order chi connectivity index (χ0) is 14.1. The van der Waals surface area contributed by atoms with Crippen LogP contribution in [-0.2, 0) is 10.2 Å². The second kappa shape index (κ2) is 5.23. The summed E-state index contributed by atoms with van der Waals surface area (Å²) in [6.45, 7) is 9.64. The number of hydrogen-bond donors (Lipinski definition) is 2. The van der Waals surface area contributed by atoms with Crippen LogP contribution in [0.5, 0.6) is 0 Å². The zero-order valence-electron chi connectivity index (χ0n) is 12.5. The molecule has 106 valence electrons. The molecule has 2 rings (SSSR count). The van der Waals surface area contributed by atoms with Crippen molar-refractivity contribution in [3.63, 3.8) is 0 Å². The van der Waals surface area contributed by atoms with Crippen molar-refractivity contribution in [1.29, 1.82) is 0 Å². The first-order chi connectivity index (χ1) is 8.87. The Kier molecular flexibility index (Phi) is 4.00. The fraction of sp³-hybridized carbons (Fsp3) is 0.625. The molecule has 1 aromatic rings. The van der Waals surface area contributed by atoms with E-state index in [2.05, 4.69) is 57.4 Å². The summed E-state index contributed by atoms with van der Waals surface area (Å²) in [6, 6.07) is 8.76. The molecule has 0 amide bonds. The van der Waals surface area contributed by atoms with Gasteiger partial charge in [-0.1, -0.05) is 45.0 Å². The van der Waals surface area contributed by atoms with Crippen molar-refractivity contribution >= 4 is 0 Å². The van der Waals surface area contributed by atoms with Gasteiger partial charge in [0.25, 0.3) is 0 Å². The molecule has 19 heavy (non-hydrogen) atoms. The van der Waals surface area contributed by atoms with Crippen molar-refractivity contribution in [2.75, 3.05) is 6.61 Å². The van der Waals surface area contributed by atoms with E-state index in [-0.39, 0.29) is 17.1 Å². The molecule has 0 aromatic heterocycles. The number of hydrazine groups is 1. The van der Waals surface area contributed by atoms with Gasteiger partial charge in [0.2, 0.25) is 0 Å². The van der Waals surface area contributed by atoms with Crippen LogP contribution in [0.25, 0.3) is 0 Å². The van der Waals surface area contributed by atoms with E-state index in [1.165, 1.54) is 11.1 Å². The predicted molar refractivity (Wildman–Crippen MR) is 78.8 cm³/mol. The van der Waals surface area contributed by atoms with Gasteiger partial charge in [0.15, 0.2) is 0 Å². The van der Waals surface area contributed by atoms with Crippen molar-refractivity contribution in [3.8, 4) is 0 Å². The summed E-state index contributed by atoms with van der Waals surface area (Å²) in [6.07, 6.45) is 2.15. The Hall–Kier alpha value is -0.900. The molecule has 0 radical (unpaired) electrons. The molecule has 1 saturated heterocycles. The molecular weight excluding hydrogens is 236 g/mol. The Morgan fingerprint density at radius 2 is 1.89 bits per heavy atom. The van der Waals surface area contributed by atoms with Gasteiger partial charge >= 0.3 is 0 Å². The van der Waals surface area contributed by atoms with Crippen molar-refractivity contribution < 1.29 is 4.74 Å². The number of rotatable bonds is 3. The van der Waals surface area contributed by atoms with Gasteiger partial charge in [-0.05, 0) is 36.3 Å². The van der Waals surface area contributed by atoms with Gasteiger partial charge in [-0.15, -0.1) is 0 Å². The Morgan fingerprint density at radius 3 is 2.32 bits per heavy atom. The summed E-state index contributed by atoms with van der Waals surface area (Å²) in [5, 5.41) is 0. The molecule has 0 spiro atoms. The van der Waals surface area contributed by atoms with E-state index in [4.69, 9.17) is 10.6 Å². The minimum Gasteiger partial charge on any atom is -0.373 e. The van der Waals surface area contributed by atoms with Crippen LogP contribution >= 0.6 is 0 Å². The van der Waals surface area contributed by atoms with Crippen molar-refractivity contribution in [1.82, 2.24) is 5.43 Å². The molecule has 1 aromatic carbocycles. The highest BCUT2D eigenvalue weighted by molar-refractivity contribution is 5.30. The van der Waals surface area contributed by atoms with Crippen LogP contribution in [0, 0.1) is 0 Å². The average Bonchev–Trinajstić information content (AvgIpc) is 2.77. The molecule has 2 atom stereocenters. The molecule has 1 aliphatic heterocycles. The van der Waals surface area contributed by atoms with Gasteiger partial charge in [-0.3, -0.25) is 11.3 Å². The monoisotopic (exact) mass is 262 g/mol. The maximum atomic E-state index is 5.90. The Bertz CT molecular complexity index is 413. The number of hydrogen-bond acceptors (Lipinski definition) is 3. The lowest BCUT2D eigenvalue weighted by Gasteiger charge is -2.33. The van der Waals surface area contributed by atoms with E-state index >= 15 is 0 Å². The molecule has 0 aliphatic carbocycles. The van der Waals surface area contributed by atoms with Crippen LogP contribution in [0.3, 0.4) is 0 Å². The molecular formula is C16H26N2O. The van der Waals surface area contributed by atoms with Crippen LogP contribution in [0.15, 0.2) is 24.3 Å². The first kappa shape index (κ1) is 14.5. The van der Waals surface area contributed by atoms with E-state index in [9.17, 15) is 0 Å². The third kappa shape index (κ3) is 2.99. The third-order valence-electron chi connectivity index (χ3n) is 4.14. The minimum atomic E-state index is -0.196. The van der Waals surface area contributed by atoms with Gasteiger partial charge < -0.3 is 4.74 Å². The van der Waals surface area contributed by atoms with Crippen LogP contribution in [-0.4, -0.2) is 12.2 Å². The first-order valence-corrected chi connectivity index (χ1v) is 7.07. The summed E-state index contributed by atoms with van der Waals surface area (Å²) in [4.78, 5) is 0. The topological polar surface area (TPSA) is 47.3 Å². The summed E-state index contributed by atoms with van der Waals surface area (Å²) >= 11 is 0. The molecule has 3 nitrogen and oxygen atoms in total. The normalized spacial score (nSPS) is 25.5. The molecule has 1 aliphatic rings. The molecule has 1 heterocycles. The maximum absolute atomic E-state index is 5.90. The summed E-state index contributed by atoms with van der Waals surface area (Å²) < 4.78 is 5.90. The standard InChI is InChI=1S/C16H26N2O/c1-15(2,3)13-8-6-12(7-9-13)14(18-17)16(4)10-5-11-19-16/h6-9,14,18H,5,10-11,17H2,1-4H3. The zero-order valence-corrected chi connectivity index (χ0v) is 12.5. The second-order valence-electron chi connectivity index (χ2n) is 6.74. The van der Waals surface area contributed by atoms with Gasteiger partial charge in [0.05, 0.1) is 11.6 Å². The minimum absolute atomic E-state index is 0.0454. The van der Waals surface area contributed by atoms with Crippen LogP contribution in [0.4, 0.5) is 0 Å². The third-order valence-corrected chi connectivity index (χ3v) is 4.14. The lowest BCUT2D eigenvalue weighted by atomic mass is 9.84. The Morgan fingerprint density at radius 1 is 1.26 bits per heavy atom. The van der Waals surface area contributed by atoms with Crippen molar-refractivity contribution in [3.05, 3.63) is 35.4 Å². The number of nitrogens with two attached hydrogens (primary N) is 1. The number of ether oxygens (including phenoxy) is 1. The largest absolute Gasteiger partial charge is 0.373 e.